The molecule has 0 amide bonds. The summed E-state index contributed by atoms with van der Waals surface area (Å²) in [5.74, 6) is 0.619. The zero-order valence-electron chi connectivity index (χ0n) is 10.2. The lowest BCUT2D eigenvalue weighted by molar-refractivity contribution is -0.112. The van der Waals surface area contributed by atoms with Crippen molar-refractivity contribution in [1.82, 2.24) is 4.98 Å². The highest BCUT2D eigenvalue weighted by molar-refractivity contribution is 7.11. The van der Waals surface area contributed by atoms with Crippen LogP contribution in [-0.2, 0) is 4.79 Å². The highest BCUT2D eigenvalue weighted by Crippen LogP contribution is 2.29. The summed E-state index contributed by atoms with van der Waals surface area (Å²) in [4.78, 5) is 16.4. The number of carbonyl (C=O) groups excluding carboxylic acids is 1. The van der Waals surface area contributed by atoms with Crippen LogP contribution < -0.4 is 4.74 Å². The van der Waals surface area contributed by atoms with E-state index in [1.165, 1.54) is 6.92 Å². The number of ketones is 1. The summed E-state index contributed by atoms with van der Waals surface area (Å²) < 4.78 is 5.11. The summed E-state index contributed by atoms with van der Waals surface area (Å²) in [6, 6.07) is 7.63. The summed E-state index contributed by atoms with van der Waals surface area (Å²) in [7, 11) is 1.59. The molecule has 0 unspecified atom stereocenters. The topological polar surface area (TPSA) is 39.2 Å². The lowest BCUT2D eigenvalue weighted by Gasteiger charge is -2.02. The maximum absolute atomic E-state index is 11.0. The number of allylic oxidation sites excluding steroid dienone is 1. The summed E-state index contributed by atoms with van der Waals surface area (Å²) >= 11 is 1.58. The first-order valence-corrected chi connectivity index (χ1v) is 6.36. The predicted octanol–water partition coefficient (Wildman–Crippen LogP) is 3.42. The van der Waals surface area contributed by atoms with Crippen LogP contribution in [0.15, 0.2) is 35.7 Å². The van der Waals surface area contributed by atoms with Crippen LogP contribution in [0.25, 0.3) is 17.3 Å². The van der Waals surface area contributed by atoms with E-state index in [-0.39, 0.29) is 5.78 Å². The molecule has 0 aliphatic heterocycles. The average molecular weight is 259 g/mol. The van der Waals surface area contributed by atoms with E-state index in [4.69, 9.17) is 4.74 Å². The first kappa shape index (κ1) is 12.5. The molecule has 2 heterocycles. The SMILES string of the molecule is COc1cccc(-c2ccsc2C=CC(C)=O)n1. The van der Waals surface area contributed by atoms with E-state index in [1.807, 2.05) is 29.7 Å². The van der Waals surface area contributed by atoms with Gasteiger partial charge in [-0.2, -0.15) is 0 Å². The van der Waals surface area contributed by atoms with Gasteiger partial charge in [0.05, 0.1) is 12.8 Å². The van der Waals surface area contributed by atoms with Gasteiger partial charge in [0, 0.05) is 16.5 Å². The molecule has 4 heteroatoms. The molecule has 0 N–H and O–H groups in total. The average Bonchev–Trinajstić information content (AvgIpc) is 2.84. The molecule has 2 aromatic heterocycles. The smallest absolute Gasteiger partial charge is 0.213 e. The van der Waals surface area contributed by atoms with Crippen LogP contribution in [0, 0.1) is 0 Å². The Kier molecular flexibility index (Phi) is 3.89. The summed E-state index contributed by atoms with van der Waals surface area (Å²) in [5.41, 5.74) is 1.86. The highest BCUT2D eigenvalue weighted by atomic mass is 32.1. The lowest BCUT2D eigenvalue weighted by Crippen LogP contribution is -1.89. The second-order valence-corrected chi connectivity index (χ2v) is 4.66. The first-order chi connectivity index (χ1) is 8.70. The van der Waals surface area contributed by atoms with Gasteiger partial charge in [-0.25, -0.2) is 4.98 Å². The van der Waals surface area contributed by atoms with Crippen molar-refractivity contribution in [2.24, 2.45) is 0 Å². The third-order valence-electron chi connectivity index (χ3n) is 2.37. The monoisotopic (exact) mass is 259 g/mol. The fourth-order valence-electron chi connectivity index (χ4n) is 1.53. The van der Waals surface area contributed by atoms with Crippen molar-refractivity contribution in [1.29, 1.82) is 0 Å². The molecule has 0 bridgehead atoms. The van der Waals surface area contributed by atoms with Crippen LogP contribution in [0.3, 0.4) is 0 Å². The zero-order valence-corrected chi connectivity index (χ0v) is 11.0. The second kappa shape index (κ2) is 5.60. The maximum Gasteiger partial charge on any atom is 0.213 e. The molecule has 3 nitrogen and oxygen atoms in total. The highest BCUT2D eigenvalue weighted by Gasteiger charge is 2.06. The minimum atomic E-state index is 0.0351. The van der Waals surface area contributed by atoms with Gasteiger partial charge in [-0.05, 0) is 36.6 Å². The number of pyridine rings is 1. The Morgan fingerprint density at radius 3 is 2.94 bits per heavy atom. The first-order valence-electron chi connectivity index (χ1n) is 5.48. The largest absolute Gasteiger partial charge is 0.481 e. The van der Waals surface area contributed by atoms with Gasteiger partial charge in [-0.15, -0.1) is 11.3 Å². The van der Waals surface area contributed by atoms with Gasteiger partial charge in [0.2, 0.25) is 5.88 Å². The number of thiophene rings is 1. The van der Waals surface area contributed by atoms with E-state index in [0.29, 0.717) is 5.88 Å². The molecule has 0 aliphatic carbocycles. The molecular weight excluding hydrogens is 246 g/mol. The summed E-state index contributed by atoms with van der Waals surface area (Å²) in [6.45, 7) is 1.54. The van der Waals surface area contributed by atoms with Crippen molar-refractivity contribution in [3.8, 4) is 17.1 Å². The van der Waals surface area contributed by atoms with Crippen LogP contribution in [0.5, 0.6) is 5.88 Å². The van der Waals surface area contributed by atoms with Crippen molar-refractivity contribution in [2.45, 2.75) is 6.92 Å². The summed E-state index contributed by atoms with van der Waals surface area (Å²) in [6.07, 6.45) is 3.39. The van der Waals surface area contributed by atoms with Gasteiger partial charge >= 0.3 is 0 Å². The third-order valence-corrected chi connectivity index (χ3v) is 3.26. The molecule has 0 saturated heterocycles. The molecule has 0 atom stereocenters. The Labute approximate surface area is 110 Å². The molecule has 0 aliphatic rings. The van der Waals surface area contributed by atoms with Crippen molar-refractivity contribution >= 4 is 23.2 Å². The standard InChI is InChI=1S/C14H13NO2S/c1-10(16)6-7-13-11(8-9-18-13)12-4-3-5-14(15-12)17-2/h3-9H,1-2H3. The van der Waals surface area contributed by atoms with E-state index in [9.17, 15) is 4.79 Å². The van der Waals surface area contributed by atoms with Gasteiger partial charge in [-0.3, -0.25) is 4.79 Å². The van der Waals surface area contributed by atoms with Crippen molar-refractivity contribution in [3.63, 3.8) is 0 Å². The van der Waals surface area contributed by atoms with Gasteiger partial charge in [0.1, 0.15) is 0 Å². The van der Waals surface area contributed by atoms with Crippen LogP contribution in [-0.4, -0.2) is 17.9 Å². The van der Waals surface area contributed by atoms with Gasteiger partial charge < -0.3 is 4.74 Å². The molecule has 0 aromatic carbocycles. The summed E-state index contributed by atoms with van der Waals surface area (Å²) in [5, 5.41) is 1.98. The van der Waals surface area contributed by atoms with Crippen LogP contribution in [0.2, 0.25) is 0 Å². The Morgan fingerprint density at radius 1 is 1.39 bits per heavy atom. The minimum absolute atomic E-state index is 0.0351. The van der Waals surface area contributed by atoms with Crippen molar-refractivity contribution in [3.05, 3.63) is 40.6 Å². The van der Waals surface area contributed by atoms with Crippen molar-refractivity contribution in [2.75, 3.05) is 7.11 Å². The number of hydrogen-bond donors (Lipinski definition) is 0. The molecular formula is C14H13NO2S. The molecule has 2 rings (SSSR count). The fourth-order valence-corrected chi connectivity index (χ4v) is 2.33. The van der Waals surface area contributed by atoms with Crippen LogP contribution in [0.4, 0.5) is 0 Å². The van der Waals surface area contributed by atoms with Crippen molar-refractivity contribution < 1.29 is 9.53 Å². The quantitative estimate of drug-likeness (QED) is 0.790. The molecule has 2 aromatic rings. The molecule has 0 fully saturated rings. The lowest BCUT2D eigenvalue weighted by atomic mass is 10.1. The number of methoxy groups -OCH3 is 1. The molecule has 0 spiro atoms. The van der Waals surface area contributed by atoms with Gasteiger partial charge in [-0.1, -0.05) is 6.07 Å². The minimum Gasteiger partial charge on any atom is -0.481 e. The predicted molar refractivity (Wildman–Crippen MR) is 73.8 cm³/mol. The number of ether oxygens (including phenoxy) is 1. The molecule has 0 saturated carbocycles. The number of rotatable bonds is 4. The molecule has 18 heavy (non-hydrogen) atoms. The normalized spacial score (nSPS) is 10.8. The van der Waals surface area contributed by atoms with E-state index in [0.717, 1.165) is 16.1 Å². The van der Waals surface area contributed by atoms with E-state index >= 15 is 0 Å². The Balaban J connectivity index is 2.38. The number of hydrogen-bond acceptors (Lipinski definition) is 4. The fraction of sp³-hybridized carbons (Fsp3) is 0.143. The molecule has 92 valence electrons. The van der Waals surface area contributed by atoms with E-state index < -0.39 is 0 Å². The number of carbonyl (C=O) groups is 1. The third kappa shape index (κ3) is 2.84. The maximum atomic E-state index is 11.0. The number of nitrogens with zero attached hydrogens (tertiary/aromatic N) is 1. The van der Waals surface area contributed by atoms with E-state index in [1.54, 1.807) is 30.6 Å². The van der Waals surface area contributed by atoms with E-state index in [2.05, 4.69) is 4.98 Å². The van der Waals surface area contributed by atoms with Crippen LogP contribution >= 0.6 is 11.3 Å². The zero-order chi connectivity index (χ0) is 13.0. The molecule has 0 radical (unpaired) electrons. The van der Waals surface area contributed by atoms with Gasteiger partial charge in [0.25, 0.3) is 0 Å². The Hall–Kier alpha value is -1.94. The Morgan fingerprint density at radius 2 is 2.22 bits per heavy atom. The second-order valence-electron chi connectivity index (χ2n) is 3.71. The van der Waals surface area contributed by atoms with Gasteiger partial charge in [0.15, 0.2) is 5.78 Å². The Bertz CT molecular complexity index is 587. The number of aromatic nitrogens is 1. The van der Waals surface area contributed by atoms with Crippen LogP contribution in [0.1, 0.15) is 11.8 Å².